The third-order valence-corrected chi connectivity index (χ3v) is 2.87. The van der Waals surface area contributed by atoms with Crippen molar-refractivity contribution in [3.8, 4) is 0 Å². The molecule has 3 heteroatoms. The third kappa shape index (κ3) is 2.87. The molecule has 2 N–H and O–H groups in total. The molecule has 0 aromatic heterocycles. The maximum absolute atomic E-state index is 11.9. The molecule has 1 aliphatic rings. The molecule has 0 spiro atoms. The zero-order valence-electron chi connectivity index (χ0n) is 10.3. The van der Waals surface area contributed by atoms with Crippen LogP contribution in [0.2, 0.25) is 0 Å². The number of anilines is 1. The second-order valence-electron chi connectivity index (χ2n) is 4.58. The number of para-hydroxylation sites is 1. The molecular weight excluding hydrogens is 212 g/mol. The number of amides is 1. The number of hydrogen-bond donors (Lipinski definition) is 2. The van der Waals surface area contributed by atoms with E-state index in [1.165, 1.54) is 11.1 Å². The van der Waals surface area contributed by atoms with Crippen LogP contribution in [0.5, 0.6) is 0 Å². The summed E-state index contributed by atoms with van der Waals surface area (Å²) in [6.07, 6.45) is 2.79. The Morgan fingerprint density at radius 3 is 2.94 bits per heavy atom. The summed E-state index contributed by atoms with van der Waals surface area (Å²) in [6.45, 7) is 4.65. The first-order valence-corrected chi connectivity index (χ1v) is 5.92. The SMILES string of the molecule is CC(C)=CCNC(=O)[C@@H]1Cc2ccccc2N1. The van der Waals surface area contributed by atoms with E-state index in [4.69, 9.17) is 0 Å². The smallest absolute Gasteiger partial charge is 0.243 e. The lowest BCUT2D eigenvalue weighted by Crippen LogP contribution is -2.38. The highest BCUT2D eigenvalue weighted by Crippen LogP contribution is 2.24. The van der Waals surface area contributed by atoms with E-state index in [9.17, 15) is 4.79 Å². The van der Waals surface area contributed by atoms with E-state index in [0.717, 1.165) is 12.1 Å². The van der Waals surface area contributed by atoms with Gasteiger partial charge in [-0.1, -0.05) is 29.8 Å². The molecule has 1 aliphatic heterocycles. The van der Waals surface area contributed by atoms with Crippen LogP contribution in [0.4, 0.5) is 5.69 Å². The average molecular weight is 230 g/mol. The van der Waals surface area contributed by atoms with Gasteiger partial charge in [-0.25, -0.2) is 0 Å². The number of hydrogen-bond acceptors (Lipinski definition) is 2. The quantitative estimate of drug-likeness (QED) is 0.781. The van der Waals surface area contributed by atoms with Crippen LogP contribution in [0, 0.1) is 0 Å². The van der Waals surface area contributed by atoms with Gasteiger partial charge in [0.1, 0.15) is 6.04 Å². The van der Waals surface area contributed by atoms with Gasteiger partial charge < -0.3 is 10.6 Å². The van der Waals surface area contributed by atoms with E-state index >= 15 is 0 Å². The number of carbonyl (C=O) groups is 1. The van der Waals surface area contributed by atoms with Gasteiger partial charge in [-0.2, -0.15) is 0 Å². The lowest BCUT2D eigenvalue weighted by Gasteiger charge is -2.10. The summed E-state index contributed by atoms with van der Waals surface area (Å²) in [5, 5.41) is 6.15. The first kappa shape index (κ1) is 11.7. The summed E-state index contributed by atoms with van der Waals surface area (Å²) in [5.41, 5.74) is 3.51. The summed E-state index contributed by atoms with van der Waals surface area (Å²) in [5.74, 6) is 0.0682. The van der Waals surface area contributed by atoms with Crippen LogP contribution >= 0.6 is 0 Å². The molecule has 0 saturated heterocycles. The Labute approximate surface area is 102 Å². The molecule has 0 saturated carbocycles. The van der Waals surface area contributed by atoms with E-state index in [1.54, 1.807) is 0 Å². The van der Waals surface area contributed by atoms with Crippen molar-refractivity contribution in [2.75, 3.05) is 11.9 Å². The zero-order chi connectivity index (χ0) is 12.3. The van der Waals surface area contributed by atoms with Crippen molar-refractivity contribution in [3.05, 3.63) is 41.5 Å². The fourth-order valence-corrected chi connectivity index (χ4v) is 1.93. The fraction of sp³-hybridized carbons (Fsp3) is 0.357. The maximum atomic E-state index is 11.9. The lowest BCUT2D eigenvalue weighted by atomic mass is 10.1. The van der Waals surface area contributed by atoms with E-state index < -0.39 is 0 Å². The molecular formula is C14H18N2O. The topological polar surface area (TPSA) is 41.1 Å². The van der Waals surface area contributed by atoms with Crippen molar-refractivity contribution in [3.63, 3.8) is 0 Å². The molecule has 0 unspecified atom stereocenters. The molecule has 1 aromatic rings. The maximum Gasteiger partial charge on any atom is 0.243 e. The van der Waals surface area contributed by atoms with Crippen molar-refractivity contribution >= 4 is 11.6 Å². The van der Waals surface area contributed by atoms with Crippen LogP contribution in [-0.2, 0) is 11.2 Å². The van der Waals surface area contributed by atoms with Gasteiger partial charge in [0.05, 0.1) is 0 Å². The highest BCUT2D eigenvalue weighted by atomic mass is 16.2. The minimum atomic E-state index is -0.127. The standard InChI is InChI=1S/C14H18N2O/c1-10(2)7-8-15-14(17)13-9-11-5-3-4-6-12(11)16-13/h3-7,13,16H,8-9H2,1-2H3,(H,15,17)/t13-/m0/s1. The Balaban J connectivity index is 1.90. The Hall–Kier alpha value is -1.77. The van der Waals surface area contributed by atoms with Crippen LogP contribution in [0.25, 0.3) is 0 Å². The second kappa shape index (κ2) is 5.04. The number of rotatable bonds is 3. The lowest BCUT2D eigenvalue weighted by molar-refractivity contribution is -0.121. The van der Waals surface area contributed by atoms with Crippen molar-refractivity contribution in [1.29, 1.82) is 0 Å². The molecule has 1 aromatic carbocycles. The van der Waals surface area contributed by atoms with Crippen molar-refractivity contribution in [2.45, 2.75) is 26.3 Å². The summed E-state index contributed by atoms with van der Waals surface area (Å²) < 4.78 is 0. The van der Waals surface area contributed by atoms with E-state index in [0.29, 0.717) is 6.54 Å². The third-order valence-electron chi connectivity index (χ3n) is 2.87. The zero-order valence-corrected chi connectivity index (χ0v) is 10.3. The first-order valence-electron chi connectivity index (χ1n) is 5.92. The van der Waals surface area contributed by atoms with Gasteiger partial charge in [0.15, 0.2) is 0 Å². The number of nitrogens with one attached hydrogen (secondary N) is 2. The number of fused-ring (bicyclic) bond motifs is 1. The Morgan fingerprint density at radius 2 is 2.24 bits per heavy atom. The van der Waals surface area contributed by atoms with Gasteiger partial charge >= 0.3 is 0 Å². The summed E-state index contributed by atoms with van der Waals surface area (Å²) in [6, 6.07) is 7.93. The normalized spacial score (nSPS) is 16.9. The Bertz CT molecular complexity index is 422. The van der Waals surface area contributed by atoms with Gasteiger partial charge in [-0.15, -0.1) is 0 Å². The minimum absolute atomic E-state index is 0.0682. The Kier molecular flexibility index (Phi) is 3.47. The van der Waals surface area contributed by atoms with Crippen molar-refractivity contribution in [1.82, 2.24) is 5.32 Å². The van der Waals surface area contributed by atoms with Gasteiger partial charge in [0.25, 0.3) is 0 Å². The molecule has 3 nitrogen and oxygen atoms in total. The monoisotopic (exact) mass is 230 g/mol. The molecule has 90 valence electrons. The minimum Gasteiger partial charge on any atom is -0.373 e. The van der Waals surface area contributed by atoms with Crippen molar-refractivity contribution in [2.24, 2.45) is 0 Å². The number of carbonyl (C=O) groups excluding carboxylic acids is 1. The number of allylic oxidation sites excluding steroid dienone is 1. The highest BCUT2D eigenvalue weighted by molar-refractivity contribution is 5.87. The molecule has 0 radical (unpaired) electrons. The van der Waals surface area contributed by atoms with Crippen LogP contribution in [0.1, 0.15) is 19.4 Å². The van der Waals surface area contributed by atoms with Crippen LogP contribution < -0.4 is 10.6 Å². The van der Waals surface area contributed by atoms with E-state index in [-0.39, 0.29) is 11.9 Å². The van der Waals surface area contributed by atoms with E-state index in [1.807, 2.05) is 38.1 Å². The number of benzene rings is 1. The predicted molar refractivity (Wildman–Crippen MR) is 70.0 cm³/mol. The second-order valence-corrected chi connectivity index (χ2v) is 4.58. The predicted octanol–water partition coefficient (Wildman–Crippen LogP) is 2.11. The largest absolute Gasteiger partial charge is 0.373 e. The fourth-order valence-electron chi connectivity index (χ4n) is 1.93. The van der Waals surface area contributed by atoms with Crippen molar-refractivity contribution < 1.29 is 4.79 Å². The molecule has 0 bridgehead atoms. The summed E-state index contributed by atoms with van der Waals surface area (Å²) in [7, 11) is 0. The van der Waals surface area contributed by atoms with Gasteiger partial charge in [-0.3, -0.25) is 4.79 Å². The molecule has 1 atom stereocenters. The van der Waals surface area contributed by atoms with Gasteiger partial charge in [0, 0.05) is 18.7 Å². The first-order chi connectivity index (χ1) is 8.16. The molecule has 2 rings (SSSR count). The summed E-state index contributed by atoms with van der Waals surface area (Å²) >= 11 is 0. The molecule has 17 heavy (non-hydrogen) atoms. The molecule has 1 amide bonds. The molecule has 0 fully saturated rings. The van der Waals surface area contributed by atoms with Gasteiger partial charge in [0.2, 0.25) is 5.91 Å². The summed E-state index contributed by atoms with van der Waals surface area (Å²) in [4.78, 5) is 11.9. The van der Waals surface area contributed by atoms with Gasteiger partial charge in [-0.05, 0) is 25.5 Å². The Morgan fingerprint density at radius 1 is 1.47 bits per heavy atom. The van der Waals surface area contributed by atoms with Crippen LogP contribution in [0.3, 0.4) is 0 Å². The van der Waals surface area contributed by atoms with Crippen LogP contribution in [-0.4, -0.2) is 18.5 Å². The van der Waals surface area contributed by atoms with Crippen LogP contribution in [0.15, 0.2) is 35.9 Å². The highest BCUT2D eigenvalue weighted by Gasteiger charge is 2.25. The molecule has 0 aliphatic carbocycles. The van der Waals surface area contributed by atoms with E-state index in [2.05, 4.69) is 16.7 Å². The average Bonchev–Trinajstić information content (AvgIpc) is 2.71. The molecule has 1 heterocycles.